The lowest BCUT2D eigenvalue weighted by Crippen LogP contribution is -2.12. The van der Waals surface area contributed by atoms with Crippen LogP contribution in [0.15, 0.2) is 12.1 Å². The summed E-state index contributed by atoms with van der Waals surface area (Å²) < 4.78 is 13.4. The quantitative estimate of drug-likeness (QED) is 0.795. The number of carboxylic acid groups (broad SMARTS) is 1. The molecule has 0 atom stereocenters. The molecule has 0 aliphatic rings. The Hall–Kier alpha value is -1.42. The number of carboxylic acids is 1. The Labute approximate surface area is 87.9 Å². The molecule has 1 aromatic carbocycles. The standard InChI is InChI=1S/C11H14FNO2/c1-7-5-10(12)8(3-4-13-2)6-9(7)11(14)15/h5-6,13H,3-4H2,1-2H3,(H,14,15). The Kier molecular flexibility index (Phi) is 3.80. The molecule has 0 amide bonds. The minimum absolute atomic E-state index is 0.169. The fraction of sp³-hybridized carbons (Fsp3) is 0.364. The molecule has 0 bridgehead atoms. The van der Waals surface area contributed by atoms with E-state index in [0.29, 0.717) is 24.1 Å². The lowest BCUT2D eigenvalue weighted by atomic mass is 10.0. The van der Waals surface area contributed by atoms with Crippen molar-refractivity contribution in [2.45, 2.75) is 13.3 Å². The van der Waals surface area contributed by atoms with Crippen LogP contribution < -0.4 is 5.32 Å². The lowest BCUT2D eigenvalue weighted by molar-refractivity contribution is 0.0696. The van der Waals surface area contributed by atoms with Gasteiger partial charge in [0, 0.05) is 0 Å². The van der Waals surface area contributed by atoms with Gasteiger partial charge in [-0.25, -0.2) is 9.18 Å². The van der Waals surface area contributed by atoms with Crippen LogP contribution >= 0.6 is 0 Å². The Balaban J connectivity index is 3.06. The van der Waals surface area contributed by atoms with Crippen molar-refractivity contribution in [3.63, 3.8) is 0 Å². The maximum absolute atomic E-state index is 13.4. The zero-order chi connectivity index (χ0) is 11.4. The molecule has 0 spiro atoms. The van der Waals surface area contributed by atoms with Crippen LogP contribution in [0.3, 0.4) is 0 Å². The number of nitrogens with one attached hydrogen (secondary N) is 1. The molecule has 1 rings (SSSR count). The number of aromatic carboxylic acids is 1. The number of likely N-dealkylation sites (N-methyl/N-ethyl adjacent to an activating group) is 1. The van der Waals surface area contributed by atoms with Gasteiger partial charge in [-0.05, 0) is 50.2 Å². The Morgan fingerprint density at radius 1 is 1.53 bits per heavy atom. The average Bonchev–Trinajstić information content (AvgIpc) is 2.16. The van der Waals surface area contributed by atoms with Crippen molar-refractivity contribution in [2.24, 2.45) is 0 Å². The minimum atomic E-state index is -1.02. The maximum atomic E-state index is 13.4. The third-order valence-electron chi connectivity index (χ3n) is 2.27. The van der Waals surface area contributed by atoms with Gasteiger partial charge in [0.05, 0.1) is 5.56 Å². The molecule has 15 heavy (non-hydrogen) atoms. The summed E-state index contributed by atoms with van der Waals surface area (Å²) in [5, 5.41) is 11.8. The van der Waals surface area contributed by atoms with Crippen LogP contribution in [0, 0.1) is 12.7 Å². The normalized spacial score (nSPS) is 10.3. The summed E-state index contributed by atoms with van der Waals surface area (Å²) in [5.74, 6) is -1.36. The molecule has 0 aliphatic carbocycles. The first-order valence-electron chi connectivity index (χ1n) is 4.73. The number of aryl methyl sites for hydroxylation is 1. The van der Waals surface area contributed by atoms with Crippen LogP contribution in [0.25, 0.3) is 0 Å². The number of hydrogen-bond acceptors (Lipinski definition) is 2. The molecule has 0 saturated carbocycles. The second-order valence-corrected chi connectivity index (χ2v) is 3.42. The highest BCUT2D eigenvalue weighted by Crippen LogP contribution is 2.16. The fourth-order valence-corrected chi connectivity index (χ4v) is 1.40. The lowest BCUT2D eigenvalue weighted by Gasteiger charge is -2.07. The van der Waals surface area contributed by atoms with Crippen molar-refractivity contribution in [2.75, 3.05) is 13.6 Å². The predicted molar refractivity (Wildman–Crippen MR) is 55.7 cm³/mol. The van der Waals surface area contributed by atoms with Crippen LogP contribution in [-0.4, -0.2) is 24.7 Å². The Morgan fingerprint density at radius 3 is 2.73 bits per heavy atom. The highest BCUT2D eigenvalue weighted by Gasteiger charge is 2.11. The molecule has 0 heterocycles. The van der Waals surface area contributed by atoms with E-state index in [1.165, 1.54) is 12.1 Å². The van der Waals surface area contributed by atoms with Crippen molar-refractivity contribution in [3.8, 4) is 0 Å². The van der Waals surface area contributed by atoms with Gasteiger partial charge in [-0.3, -0.25) is 0 Å². The monoisotopic (exact) mass is 211 g/mol. The van der Waals surface area contributed by atoms with Gasteiger partial charge in [0.15, 0.2) is 0 Å². The summed E-state index contributed by atoms with van der Waals surface area (Å²) in [7, 11) is 1.77. The van der Waals surface area contributed by atoms with E-state index in [1.54, 1.807) is 14.0 Å². The largest absolute Gasteiger partial charge is 0.478 e. The SMILES string of the molecule is CNCCc1cc(C(=O)O)c(C)cc1F. The minimum Gasteiger partial charge on any atom is -0.478 e. The van der Waals surface area contributed by atoms with E-state index >= 15 is 0 Å². The van der Waals surface area contributed by atoms with Crippen molar-refractivity contribution < 1.29 is 14.3 Å². The van der Waals surface area contributed by atoms with Gasteiger partial charge < -0.3 is 10.4 Å². The second kappa shape index (κ2) is 4.89. The van der Waals surface area contributed by atoms with Crippen LogP contribution in [0.5, 0.6) is 0 Å². The van der Waals surface area contributed by atoms with E-state index in [4.69, 9.17) is 5.11 Å². The number of rotatable bonds is 4. The molecule has 3 nitrogen and oxygen atoms in total. The molecule has 0 saturated heterocycles. The van der Waals surface area contributed by atoms with Gasteiger partial charge in [-0.2, -0.15) is 0 Å². The topological polar surface area (TPSA) is 49.3 Å². The van der Waals surface area contributed by atoms with E-state index in [-0.39, 0.29) is 11.4 Å². The van der Waals surface area contributed by atoms with Gasteiger partial charge in [0.2, 0.25) is 0 Å². The van der Waals surface area contributed by atoms with Gasteiger partial charge in [-0.15, -0.1) is 0 Å². The first kappa shape index (κ1) is 11.7. The van der Waals surface area contributed by atoms with Gasteiger partial charge in [-0.1, -0.05) is 0 Å². The molecule has 0 aliphatic heterocycles. The third kappa shape index (κ3) is 2.76. The highest BCUT2D eigenvalue weighted by atomic mass is 19.1. The molecule has 0 fully saturated rings. The summed E-state index contributed by atoms with van der Waals surface area (Å²) in [6.07, 6.45) is 0.489. The summed E-state index contributed by atoms with van der Waals surface area (Å²) in [4.78, 5) is 10.8. The molecule has 2 N–H and O–H groups in total. The molecular weight excluding hydrogens is 197 g/mol. The maximum Gasteiger partial charge on any atom is 0.335 e. The van der Waals surface area contributed by atoms with E-state index in [1.807, 2.05) is 0 Å². The zero-order valence-corrected chi connectivity index (χ0v) is 8.80. The second-order valence-electron chi connectivity index (χ2n) is 3.42. The van der Waals surface area contributed by atoms with E-state index in [9.17, 15) is 9.18 Å². The van der Waals surface area contributed by atoms with Crippen molar-refractivity contribution in [3.05, 3.63) is 34.6 Å². The Morgan fingerprint density at radius 2 is 2.20 bits per heavy atom. The van der Waals surface area contributed by atoms with Gasteiger partial charge in [0.1, 0.15) is 5.82 Å². The molecule has 0 unspecified atom stereocenters. The van der Waals surface area contributed by atoms with Gasteiger partial charge >= 0.3 is 5.97 Å². The van der Waals surface area contributed by atoms with Crippen LogP contribution in [0.2, 0.25) is 0 Å². The average molecular weight is 211 g/mol. The zero-order valence-electron chi connectivity index (χ0n) is 8.80. The number of hydrogen-bond donors (Lipinski definition) is 2. The van der Waals surface area contributed by atoms with Crippen LogP contribution in [0.1, 0.15) is 21.5 Å². The smallest absolute Gasteiger partial charge is 0.335 e. The van der Waals surface area contributed by atoms with Crippen LogP contribution in [-0.2, 0) is 6.42 Å². The third-order valence-corrected chi connectivity index (χ3v) is 2.27. The first-order chi connectivity index (χ1) is 7.06. The number of benzene rings is 1. The summed E-state index contributed by atoms with van der Waals surface area (Å²) in [6.45, 7) is 2.22. The van der Waals surface area contributed by atoms with Crippen molar-refractivity contribution in [1.29, 1.82) is 0 Å². The predicted octanol–water partition coefficient (Wildman–Crippen LogP) is 1.59. The summed E-state index contributed by atoms with van der Waals surface area (Å²) >= 11 is 0. The van der Waals surface area contributed by atoms with E-state index in [2.05, 4.69) is 5.32 Å². The number of halogens is 1. The molecular formula is C11H14FNO2. The Bertz CT molecular complexity index is 377. The fourth-order valence-electron chi connectivity index (χ4n) is 1.40. The van der Waals surface area contributed by atoms with Crippen LogP contribution in [0.4, 0.5) is 4.39 Å². The molecule has 82 valence electrons. The summed E-state index contributed by atoms with van der Waals surface area (Å²) in [5.41, 5.74) is 1.06. The van der Waals surface area contributed by atoms with E-state index in [0.717, 1.165) is 0 Å². The first-order valence-corrected chi connectivity index (χ1v) is 4.73. The molecule has 0 radical (unpaired) electrons. The summed E-state index contributed by atoms with van der Waals surface area (Å²) in [6, 6.07) is 2.68. The molecule has 4 heteroatoms. The van der Waals surface area contributed by atoms with Gasteiger partial charge in [0.25, 0.3) is 0 Å². The number of carbonyl (C=O) groups is 1. The molecule has 1 aromatic rings. The highest BCUT2D eigenvalue weighted by molar-refractivity contribution is 5.89. The molecule has 0 aromatic heterocycles. The van der Waals surface area contributed by atoms with Crippen molar-refractivity contribution in [1.82, 2.24) is 5.32 Å². The van der Waals surface area contributed by atoms with Crippen molar-refractivity contribution >= 4 is 5.97 Å². The van der Waals surface area contributed by atoms with E-state index < -0.39 is 5.97 Å².